The number of hydrogen-bond donors (Lipinski definition) is 0. The van der Waals surface area contributed by atoms with Crippen LogP contribution in [0.3, 0.4) is 0 Å². The first kappa shape index (κ1) is 19.2. The summed E-state index contributed by atoms with van der Waals surface area (Å²) in [5.74, 6) is 1.19. The Labute approximate surface area is 181 Å². The predicted molar refractivity (Wildman–Crippen MR) is 119 cm³/mol. The topological polar surface area (TPSA) is 63.9 Å². The van der Waals surface area contributed by atoms with Gasteiger partial charge in [-0.25, -0.2) is 15.0 Å². The van der Waals surface area contributed by atoms with Gasteiger partial charge < -0.3 is 9.47 Å². The second-order valence-corrected chi connectivity index (χ2v) is 7.75. The Morgan fingerprint density at radius 2 is 1.68 bits per heavy atom. The Hall–Kier alpha value is -3.80. The summed E-state index contributed by atoms with van der Waals surface area (Å²) in [5, 5.41) is 0. The molecule has 5 rings (SSSR count). The molecule has 6 nitrogen and oxygen atoms in total. The standard InChI is InChI=1S/C25H23N5O/c31-25(21-6-8-22(9-7-21)30-17-14-26-18-30)29-15-11-19(12-16-29)23-10-13-27-24(28-23)20-4-2-1-3-5-20/h1-10,13-14,17-19H,11-12,15-16H2. The normalized spacial score (nSPS) is 14.5. The summed E-state index contributed by atoms with van der Waals surface area (Å²) in [5.41, 5.74) is 3.79. The van der Waals surface area contributed by atoms with Gasteiger partial charge in [-0.1, -0.05) is 30.3 Å². The number of carbonyl (C=O) groups is 1. The zero-order valence-corrected chi connectivity index (χ0v) is 17.1. The van der Waals surface area contributed by atoms with E-state index in [4.69, 9.17) is 4.98 Å². The van der Waals surface area contributed by atoms with Gasteiger partial charge >= 0.3 is 0 Å². The zero-order chi connectivity index (χ0) is 21.0. The van der Waals surface area contributed by atoms with E-state index in [1.54, 1.807) is 12.5 Å². The summed E-state index contributed by atoms with van der Waals surface area (Å²) < 4.78 is 1.92. The van der Waals surface area contributed by atoms with Gasteiger partial charge in [0.15, 0.2) is 5.82 Å². The third-order valence-corrected chi connectivity index (χ3v) is 5.83. The van der Waals surface area contributed by atoms with Crippen LogP contribution >= 0.6 is 0 Å². The van der Waals surface area contributed by atoms with Gasteiger partial charge in [0.2, 0.25) is 0 Å². The third kappa shape index (κ3) is 4.10. The molecule has 0 N–H and O–H groups in total. The smallest absolute Gasteiger partial charge is 0.253 e. The fourth-order valence-electron chi connectivity index (χ4n) is 4.08. The molecule has 0 atom stereocenters. The maximum Gasteiger partial charge on any atom is 0.253 e. The average molecular weight is 409 g/mol. The number of likely N-dealkylation sites (tertiary alicyclic amines) is 1. The molecule has 0 bridgehead atoms. The number of benzene rings is 2. The lowest BCUT2D eigenvalue weighted by atomic mass is 9.93. The maximum absolute atomic E-state index is 13.0. The third-order valence-electron chi connectivity index (χ3n) is 5.83. The van der Waals surface area contributed by atoms with Crippen molar-refractivity contribution < 1.29 is 4.79 Å². The number of carbonyl (C=O) groups excluding carboxylic acids is 1. The van der Waals surface area contributed by atoms with Crippen LogP contribution in [0.15, 0.2) is 85.6 Å². The summed E-state index contributed by atoms with van der Waals surface area (Å²) in [4.78, 5) is 28.2. The first-order valence-electron chi connectivity index (χ1n) is 10.5. The number of rotatable bonds is 4. The van der Waals surface area contributed by atoms with E-state index in [0.717, 1.165) is 54.3 Å². The fourth-order valence-corrected chi connectivity index (χ4v) is 4.08. The van der Waals surface area contributed by atoms with Crippen LogP contribution in [0.1, 0.15) is 34.8 Å². The van der Waals surface area contributed by atoms with Gasteiger partial charge in [-0.3, -0.25) is 4.79 Å². The van der Waals surface area contributed by atoms with E-state index in [1.807, 2.05) is 82.5 Å². The Bertz CT molecular complexity index is 1150. The van der Waals surface area contributed by atoms with Crippen molar-refractivity contribution in [3.05, 3.63) is 96.8 Å². The SMILES string of the molecule is O=C(c1ccc(-n2ccnc2)cc1)N1CCC(c2ccnc(-c3ccccc3)n2)CC1. The van der Waals surface area contributed by atoms with Gasteiger partial charge in [-0.05, 0) is 43.2 Å². The summed E-state index contributed by atoms with van der Waals surface area (Å²) >= 11 is 0. The van der Waals surface area contributed by atoms with Gasteiger partial charge in [-0.2, -0.15) is 0 Å². The number of aromatic nitrogens is 4. The van der Waals surface area contributed by atoms with Gasteiger partial charge in [-0.15, -0.1) is 0 Å². The molecule has 2 aromatic carbocycles. The highest BCUT2D eigenvalue weighted by Gasteiger charge is 2.25. The van der Waals surface area contributed by atoms with Crippen LogP contribution in [-0.4, -0.2) is 43.4 Å². The molecule has 154 valence electrons. The molecular formula is C25H23N5O. The van der Waals surface area contributed by atoms with Crippen molar-refractivity contribution >= 4 is 5.91 Å². The van der Waals surface area contributed by atoms with Crippen LogP contribution in [0.2, 0.25) is 0 Å². The van der Waals surface area contributed by atoms with Gasteiger partial charge in [0.1, 0.15) is 0 Å². The fraction of sp³-hybridized carbons (Fsp3) is 0.200. The molecule has 0 radical (unpaired) electrons. The van der Waals surface area contributed by atoms with E-state index >= 15 is 0 Å². The summed E-state index contributed by atoms with van der Waals surface area (Å²) in [7, 11) is 0. The Morgan fingerprint density at radius 1 is 0.903 bits per heavy atom. The quantitative estimate of drug-likeness (QED) is 0.503. The molecular weight excluding hydrogens is 386 g/mol. The molecule has 0 aliphatic carbocycles. The number of imidazole rings is 1. The minimum atomic E-state index is 0.0864. The molecule has 0 spiro atoms. The van der Waals surface area contributed by atoms with Crippen molar-refractivity contribution in [3.63, 3.8) is 0 Å². The highest BCUT2D eigenvalue weighted by molar-refractivity contribution is 5.94. The lowest BCUT2D eigenvalue weighted by Gasteiger charge is -2.32. The van der Waals surface area contributed by atoms with E-state index in [2.05, 4.69) is 9.97 Å². The first-order valence-corrected chi connectivity index (χ1v) is 10.5. The van der Waals surface area contributed by atoms with E-state index in [1.165, 1.54) is 0 Å². The zero-order valence-electron chi connectivity index (χ0n) is 17.1. The van der Waals surface area contributed by atoms with E-state index < -0.39 is 0 Å². The molecule has 4 aromatic rings. The highest BCUT2D eigenvalue weighted by Crippen LogP contribution is 2.28. The van der Waals surface area contributed by atoms with Gasteiger partial charge in [0.05, 0.1) is 6.33 Å². The second kappa shape index (κ2) is 8.52. The van der Waals surface area contributed by atoms with Crippen LogP contribution in [0.5, 0.6) is 0 Å². The molecule has 1 saturated heterocycles. The number of piperidine rings is 1. The van der Waals surface area contributed by atoms with Crippen molar-refractivity contribution in [2.75, 3.05) is 13.1 Å². The highest BCUT2D eigenvalue weighted by atomic mass is 16.2. The van der Waals surface area contributed by atoms with Crippen molar-refractivity contribution in [1.82, 2.24) is 24.4 Å². The Morgan fingerprint density at radius 3 is 2.39 bits per heavy atom. The van der Waals surface area contributed by atoms with Crippen LogP contribution in [-0.2, 0) is 0 Å². The molecule has 0 unspecified atom stereocenters. The van der Waals surface area contributed by atoms with E-state index in [-0.39, 0.29) is 5.91 Å². The molecule has 1 aliphatic rings. The molecule has 1 amide bonds. The number of hydrogen-bond acceptors (Lipinski definition) is 4. The summed E-state index contributed by atoms with van der Waals surface area (Å²) in [6.45, 7) is 1.47. The molecule has 1 aliphatic heterocycles. The van der Waals surface area contributed by atoms with Crippen molar-refractivity contribution in [2.24, 2.45) is 0 Å². The number of amides is 1. The maximum atomic E-state index is 13.0. The van der Waals surface area contributed by atoms with E-state index in [9.17, 15) is 4.79 Å². The van der Waals surface area contributed by atoms with Gasteiger partial charge in [0.25, 0.3) is 5.91 Å². The molecule has 3 heterocycles. The molecule has 2 aromatic heterocycles. The van der Waals surface area contributed by atoms with Crippen LogP contribution in [0, 0.1) is 0 Å². The van der Waals surface area contributed by atoms with Crippen LogP contribution < -0.4 is 0 Å². The van der Waals surface area contributed by atoms with Crippen molar-refractivity contribution in [1.29, 1.82) is 0 Å². The largest absolute Gasteiger partial charge is 0.339 e. The average Bonchev–Trinajstić information content (AvgIpc) is 3.40. The monoisotopic (exact) mass is 409 g/mol. The van der Waals surface area contributed by atoms with Crippen LogP contribution in [0.4, 0.5) is 0 Å². The predicted octanol–water partition coefficient (Wildman–Crippen LogP) is 4.35. The van der Waals surface area contributed by atoms with Crippen molar-refractivity contribution in [3.8, 4) is 17.1 Å². The Balaban J connectivity index is 1.24. The lowest BCUT2D eigenvalue weighted by Crippen LogP contribution is -2.38. The van der Waals surface area contributed by atoms with Gasteiger partial charge in [0, 0.05) is 60.1 Å². The summed E-state index contributed by atoms with van der Waals surface area (Å²) in [6, 6.07) is 19.7. The molecule has 31 heavy (non-hydrogen) atoms. The minimum Gasteiger partial charge on any atom is -0.339 e. The molecule has 0 saturated carbocycles. The van der Waals surface area contributed by atoms with E-state index in [0.29, 0.717) is 5.92 Å². The molecule has 6 heteroatoms. The number of nitrogens with zero attached hydrogens (tertiary/aromatic N) is 5. The van der Waals surface area contributed by atoms with Crippen molar-refractivity contribution in [2.45, 2.75) is 18.8 Å². The lowest BCUT2D eigenvalue weighted by molar-refractivity contribution is 0.0712. The van der Waals surface area contributed by atoms with Crippen LogP contribution in [0.25, 0.3) is 17.1 Å². The Kier molecular flexibility index (Phi) is 5.27. The second-order valence-electron chi connectivity index (χ2n) is 7.75. The minimum absolute atomic E-state index is 0.0864. The summed E-state index contributed by atoms with van der Waals surface area (Å²) in [6.07, 6.45) is 9.03. The molecule has 1 fully saturated rings. The first-order chi connectivity index (χ1) is 15.3.